The van der Waals surface area contributed by atoms with Gasteiger partial charge in [0.25, 0.3) is 0 Å². The number of halogens is 1. The van der Waals surface area contributed by atoms with E-state index in [1.54, 1.807) is 6.07 Å². The molecule has 0 bridgehead atoms. The lowest BCUT2D eigenvalue weighted by Gasteiger charge is -2.31. The molecule has 6 heteroatoms. The first-order valence-corrected chi connectivity index (χ1v) is 10.8. The van der Waals surface area contributed by atoms with Gasteiger partial charge >= 0.3 is 5.97 Å². The molecule has 28 heavy (non-hydrogen) atoms. The number of hydrogen-bond donors (Lipinski definition) is 0. The van der Waals surface area contributed by atoms with Crippen molar-refractivity contribution < 1.29 is 14.3 Å². The minimum absolute atomic E-state index is 0.339. The van der Waals surface area contributed by atoms with Gasteiger partial charge in [-0.05, 0) is 36.1 Å². The van der Waals surface area contributed by atoms with Crippen molar-refractivity contribution >= 4 is 35.2 Å². The van der Waals surface area contributed by atoms with Crippen molar-refractivity contribution in [2.75, 3.05) is 6.54 Å². The standard InChI is InChI=1S/C22H24ClNO3S/c1-2-3-4-5-10-21(26)27-22-13-16-14-24(12-11-20(16)28-22)19(15-25)17-8-6-7-9-18(17)23/h5-10,13,15,19H,2-4,11-12,14H2,1H3/b10-5+. The topological polar surface area (TPSA) is 46.6 Å². The molecule has 2 aromatic rings. The van der Waals surface area contributed by atoms with Gasteiger partial charge in [-0.25, -0.2) is 4.79 Å². The Morgan fingerprint density at radius 3 is 2.96 bits per heavy atom. The zero-order chi connectivity index (χ0) is 19.9. The number of allylic oxidation sites excluding steroid dienone is 1. The molecule has 1 aromatic carbocycles. The van der Waals surface area contributed by atoms with Gasteiger partial charge in [-0.3, -0.25) is 4.90 Å². The van der Waals surface area contributed by atoms with Crippen LogP contribution in [-0.4, -0.2) is 23.7 Å². The highest BCUT2D eigenvalue weighted by molar-refractivity contribution is 7.14. The third-order valence-corrected chi connectivity index (χ3v) is 6.26. The van der Waals surface area contributed by atoms with E-state index < -0.39 is 0 Å². The van der Waals surface area contributed by atoms with Crippen LogP contribution < -0.4 is 4.74 Å². The number of fused-ring (bicyclic) bond motifs is 1. The summed E-state index contributed by atoms with van der Waals surface area (Å²) in [6, 6.07) is 8.98. The molecule has 1 atom stereocenters. The van der Waals surface area contributed by atoms with Crippen LogP contribution in [0.5, 0.6) is 5.06 Å². The monoisotopic (exact) mass is 417 g/mol. The van der Waals surface area contributed by atoms with Crippen molar-refractivity contribution in [3.05, 3.63) is 63.5 Å². The van der Waals surface area contributed by atoms with Gasteiger partial charge in [0.1, 0.15) is 6.29 Å². The Labute approximate surface area is 174 Å². The summed E-state index contributed by atoms with van der Waals surface area (Å²) in [6.45, 7) is 3.50. The number of unbranched alkanes of at least 4 members (excludes halogenated alkanes) is 2. The largest absolute Gasteiger partial charge is 0.412 e. The summed E-state index contributed by atoms with van der Waals surface area (Å²) in [5.74, 6) is -0.339. The van der Waals surface area contributed by atoms with E-state index in [2.05, 4.69) is 11.8 Å². The Morgan fingerprint density at radius 2 is 2.21 bits per heavy atom. The molecule has 0 saturated carbocycles. The van der Waals surface area contributed by atoms with E-state index >= 15 is 0 Å². The van der Waals surface area contributed by atoms with Crippen molar-refractivity contribution in [3.8, 4) is 5.06 Å². The molecule has 1 aromatic heterocycles. The lowest BCUT2D eigenvalue weighted by molar-refractivity contribution is -0.128. The number of hydrogen-bond acceptors (Lipinski definition) is 5. The maximum absolute atomic E-state index is 12.0. The minimum atomic E-state index is -0.380. The summed E-state index contributed by atoms with van der Waals surface area (Å²) in [5.41, 5.74) is 1.93. The molecule has 1 unspecified atom stereocenters. The number of ether oxygens (including phenoxy) is 1. The van der Waals surface area contributed by atoms with Gasteiger partial charge in [0.2, 0.25) is 0 Å². The molecule has 0 amide bonds. The number of aldehydes is 1. The Kier molecular flexibility index (Phi) is 7.43. The zero-order valence-corrected chi connectivity index (χ0v) is 17.5. The summed E-state index contributed by atoms with van der Waals surface area (Å²) >= 11 is 7.80. The number of carbonyl (C=O) groups is 2. The SMILES string of the molecule is CCCC/C=C/C(=O)Oc1cc2c(s1)CCN(C(C=O)c1ccccc1Cl)C2. The van der Waals surface area contributed by atoms with Crippen molar-refractivity contribution in [2.24, 2.45) is 0 Å². The summed E-state index contributed by atoms with van der Waals surface area (Å²) in [7, 11) is 0. The number of thiophene rings is 1. The number of rotatable bonds is 8. The molecule has 2 heterocycles. The molecule has 0 aliphatic carbocycles. The maximum atomic E-state index is 12.0. The third kappa shape index (κ3) is 5.10. The second kappa shape index (κ2) is 10.0. The first-order chi connectivity index (χ1) is 13.6. The van der Waals surface area contributed by atoms with Gasteiger partial charge < -0.3 is 9.53 Å². The second-order valence-electron chi connectivity index (χ2n) is 6.80. The fourth-order valence-corrected chi connectivity index (χ4v) is 4.58. The van der Waals surface area contributed by atoms with Crippen LogP contribution in [0.15, 0.2) is 42.5 Å². The molecule has 0 spiro atoms. The van der Waals surface area contributed by atoms with E-state index in [4.69, 9.17) is 16.3 Å². The van der Waals surface area contributed by atoms with Gasteiger partial charge in [0, 0.05) is 29.1 Å². The predicted octanol–water partition coefficient (Wildman–Crippen LogP) is 5.35. The van der Waals surface area contributed by atoms with Crippen LogP contribution in [0.25, 0.3) is 0 Å². The molecule has 3 rings (SSSR count). The Morgan fingerprint density at radius 1 is 1.39 bits per heavy atom. The molecule has 1 aliphatic heterocycles. The van der Waals surface area contributed by atoms with E-state index in [1.807, 2.05) is 30.3 Å². The van der Waals surface area contributed by atoms with E-state index in [0.29, 0.717) is 16.6 Å². The first-order valence-electron chi connectivity index (χ1n) is 9.56. The lowest BCUT2D eigenvalue weighted by Crippen LogP contribution is -2.34. The van der Waals surface area contributed by atoms with Gasteiger partial charge in [-0.2, -0.15) is 0 Å². The van der Waals surface area contributed by atoms with E-state index in [1.165, 1.54) is 22.3 Å². The number of carbonyl (C=O) groups excluding carboxylic acids is 2. The first kappa shape index (κ1) is 20.8. The average Bonchev–Trinajstić information content (AvgIpc) is 3.09. The summed E-state index contributed by atoms with van der Waals surface area (Å²) in [6.07, 6.45) is 8.18. The molecule has 0 N–H and O–H groups in total. The van der Waals surface area contributed by atoms with Gasteiger partial charge in [0.05, 0.1) is 6.04 Å². The molecular formula is C22H24ClNO3S. The summed E-state index contributed by atoms with van der Waals surface area (Å²) in [5, 5.41) is 1.21. The third-order valence-electron chi connectivity index (χ3n) is 4.80. The number of nitrogens with zero attached hydrogens (tertiary/aromatic N) is 1. The fourth-order valence-electron chi connectivity index (χ4n) is 3.32. The van der Waals surface area contributed by atoms with Gasteiger partial charge in [0.15, 0.2) is 5.06 Å². The Balaban J connectivity index is 1.67. The molecular weight excluding hydrogens is 394 g/mol. The molecule has 4 nitrogen and oxygen atoms in total. The van der Waals surface area contributed by atoms with Crippen LogP contribution in [0, 0.1) is 0 Å². The van der Waals surface area contributed by atoms with Crippen molar-refractivity contribution in [1.29, 1.82) is 0 Å². The normalized spacial score (nSPS) is 15.4. The molecule has 0 radical (unpaired) electrons. The molecule has 1 aliphatic rings. The van der Waals surface area contributed by atoms with Crippen molar-refractivity contribution in [3.63, 3.8) is 0 Å². The molecule has 0 saturated heterocycles. The smallest absolute Gasteiger partial charge is 0.336 e. The predicted molar refractivity (Wildman–Crippen MR) is 113 cm³/mol. The average molecular weight is 418 g/mol. The van der Waals surface area contributed by atoms with Crippen LogP contribution in [0.4, 0.5) is 0 Å². The summed E-state index contributed by atoms with van der Waals surface area (Å²) in [4.78, 5) is 27.1. The quantitative estimate of drug-likeness (QED) is 0.251. The maximum Gasteiger partial charge on any atom is 0.336 e. The highest BCUT2D eigenvalue weighted by Crippen LogP contribution is 2.36. The highest BCUT2D eigenvalue weighted by atomic mass is 35.5. The highest BCUT2D eigenvalue weighted by Gasteiger charge is 2.27. The van der Waals surface area contributed by atoms with E-state index in [-0.39, 0.29) is 12.0 Å². The van der Waals surface area contributed by atoms with Crippen molar-refractivity contribution in [2.45, 2.75) is 45.2 Å². The van der Waals surface area contributed by atoms with E-state index in [9.17, 15) is 9.59 Å². The molecule has 148 valence electrons. The van der Waals surface area contributed by atoms with E-state index in [0.717, 1.165) is 49.6 Å². The van der Waals surface area contributed by atoms with Crippen molar-refractivity contribution in [1.82, 2.24) is 4.90 Å². The second-order valence-corrected chi connectivity index (χ2v) is 8.31. The Bertz CT molecular complexity index is 861. The minimum Gasteiger partial charge on any atom is -0.412 e. The van der Waals surface area contributed by atoms with Crippen LogP contribution in [0.3, 0.4) is 0 Å². The molecule has 0 fully saturated rings. The summed E-state index contributed by atoms with van der Waals surface area (Å²) < 4.78 is 5.46. The fraction of sp³-hybridized carbons (Fsp3) is 0.364. The van der Waals surface area contributed by atoms with Crippen LogP contribution in [0.2, 0.25) is 5.02 Å². The Hall–Kier alpha value is -1.95. The lowest BCUT2D eigenvalue weighted by atomic mass is 10.0. The number of esters is 1. The van der Waals surface area contributed by atoms with Gasteiger partial charge in [-0.1, -0.05) is 55.6 Å². The van der Waals surface area contributed by atoms with Crippen LogP contribution >= 0.6 is 22.9 Å². The van der Waals surface area contributed by atoms with Gasteiger partial charge in [-0.15, -0.1) is 11.3 Å². The van der Waals surface area contributed by atoms with Crippen LogP contribution in [-0.2, 0) is 22.6 Å². The van der Waals surface area contributed by atoms with Crippen LogP contribution in [0.1, 0.15) is 48.2 Å². The number of benzene rings is 1. The zero-order valence-electron chi connectivity index (χ0n) is 15.9.